The molecular weight excluding hydrogens is 182 g/mol. The number of isothiocyanates is 1. The van der Waals surface area contributed by atoms with E-state index in [4.69, 9.17) is 5.73 Å². The van der Waals surface area contributed by atoms with E-state index in [0.29, 0.717) is 0 Å². The van der Waals surface area contributed by atoms with Gasteiger partial charge in [-0.1, -0.05) is 0 Å². The van der Waals surface area contributed by atoms with Gasteiger partial charge in [-0.15, -0.1) is 0 Å². The zero-order valence-corrected chi connectivity index (χ0v) is 6.66. The topological polar surface area (TPSA) is 38.4 Å². The van der Waals surface area contributed by atoms with Crippen molar-refractivity contribution in [3.05, 3.63) is 23.8 Å². The molecule has 1 aromatic carbocycles. The van der Waals surface area contributed by atoms with Gasteiger partial charge in [0.25, 0.3) is 0 Å². The fourth-order valence-electron chi connectivity index (χ4n) is 0.688. The molecule has 2 nitrogen and oxygen atoms in total. The molecule has 0 fully saturated rings. The van der Waals surface area contributed by atoms with Crippen LogP contribution in [0.5, 0.6) is 0 Å². The quantitative estimate of drug-likeness (QED) is 0.415. The fourth-order valence-corrected chi connectivity index (χ4v) is 0.794. The van der Waals surface area contributed by atoms with Gasteiger partial charge >= 0.3 is 0 Å². The second-order valence-corrected chi connectivity index (χ2v) is 2.21. The number of aliphatic imine (C=N–C) groups is 1. The number of nitrogens with two attached hydrogens (primary N) is 1. The van der Waals surface area contributed by atoms with Crippen LogP contribution in [0.4, 0.5) is 20.2 Å². The van der Waals surface area contributed by atoms with Crippen molar-refractivity contribution in [3.8, 4) is 0 Å². The van der Waals surface area contributed by atoms with E-state index in [1.165, 1.54) is 0 Å². The molecule has 0 bridgehead atoms. The molecule has 12 heavy (non-hydrogen) atoms. The molecule has 0 spiro atoms. The lowest BCUT2D eigenvalue weighted by Gasteiger charge is -1.98. The van der Waals surface area contributed by atoms with Crippen LogP contribution >= 0.6 is 12.2 Å². The molecule has 0 amide bonds. The highest BCUT2D eigenvalue weighted by atomic mass is 32.1. The van der Waals surface area contributed by atoms with E-state index < -0.39 is 17.3 Å². The van der Waals surface area contributed by atoms with Crippen LogP contribution in [0.1, 0.15) is 0 Å². The lowest BCUT2D eigenvalue weighted by molar-refractivity contribution is 0.592. The van der Waals surface area contributed by atoms with E-state index in [-0.39, 0.29) is 5.69 Å². The number of hydrogen-bond donors (Lipinski definition) is 1. The number of benzene rings is 1. The van der Waals surface area contributed by atoms with Gasteiger partial charge in [-0.3, -0.25) is 0 Å². The Balaban J connectivity index is 3.30. The van der Waals surface area contributed by atoms with Crippen molar-refractivity contribution in [2.24, 2.45) is 4.99 Å². The van der Waals surface area contributed by atoms with Gasteiger partial charge in [0.1, 0.15) is 5.69 Å². The predicted molar refractivity (Wildman–Crippen MR) is 45.5 cm³/mol. The molecule has 0 atom stereocenters. The van der Waals surface area contributed by atoms with Gasteiger partial charge in [-0.2, -0.15) is 4.99 Å². The summed E-state index contributed by atoms with van der Waals surface area (Å²) in [5.41, 5.74) is 4.56. The second kappa shape index (κ2) is 3.38. The summed E-state index contributed by atoms with van der Waals surface area (Å²) in [6.07, 6.45) is 0. The van der Waals surface area contributed by atoms with Gasteiger partial charge < -0.3 is 5.73 Å². The minimum Gasteiger partial charge on any atom is -0.394 e. The molecule has 0 heterocycles. The second-order valence-electron chi connectivity index (χ2n) is 2.03. The van der Waals surface area contributed by atoms with Crippen LogP contribution < -0.4 is 5.73 Å². The maximum absolute atomic E-state index is 12.7. The van der Waals surface area contributed by atoms with Crippen molar-refractivity contribution in [1.29, 1.82) is 0 Å². The number of nitrogens with zero attached hydrogens (tertiary/aromatic N) is 1. The average molecular weight is 186 g/mol. The number of anilines is 1. The number of hydrogen-bond acceptors (Lipinski definition) is 3. The molecule has 0 aromatic heterocycles. The Morgan fingerprint density at radius 1 is 1.33 bits per heavy atom. The van der Waals surface area contributed by atoms with Crippen LogP contribution in [-0.2, 0) is 0 Å². The van der Waals surface area contributed by atoms with Crippen molar-refractivity contribution in [1.82, 2.24) is 0 Å². The van der Waals surface area contributed by atoms with Gasteiger partial charge in [0.15, 0.2) is 11.6 Å². The van der Waals surface area contributed by atoms with Gasteiger partial charge in [0.05, 0.1) is 10.8 Å². The highest BCUT2D eigenvalue weighted by molar-refractivity contribution is 7.78. The summed E-state index contributed by atoms with van der Waals surface area (Å²) >= 11 is 4.26. The van der Waals surface area contributed by atoms with E-state index in [1.54, 1.807) is 0 Å². The number of rotatable bonds is 1. The van der Waals surface area contributed by atoms with Crippen molar-refractivity contribution in [2.45, 2.75) is 0 Å². The van der Waals surface area contributed by atoms with Crippen molar-refractivity contribution < 1.29 is 8.78 Å². The van der Waals surface area contributed by atoms with Crippen molar-refractivity contribution >= 4 is 28.8 Å². The maximum atomic E-state index is 12.7. The summed E-state index contributed by atoms with van der Waals surface area (Å²) in [4.78, 5) is 3.40. The Labute approximate surface area is 72.7 Å². The van der Waals surface area contributed by atoms with Crippen LogP contribution in [0.3, 0.4) is 0 Å². The normalized spacial score (nSPS) is 9.17. The van der Waals surface area contributed by atoms with Gasteiger partial charge in [0.2, 0.25) is 0 Å². The molecule has 2 N–H and O–H groups in total. The molecule has 0 saturated heterocycles. The maximum Gasteiger partial charge on any atom is 0.151 e. The predicted octanol–water partition coefficient (Wildman–Crippen LogP) is 2.28. The van der Waals surface area contributed by atoms with Gasteiger partial charge in [-0.25, -0.2) is 8.78 Å². The Morgan fingerprint density at radius 3 is 2.25 bits per heavy atom. The monoisotopic (exact) mass is 186 g/mol. The molecule has 0 aliphatic rings. The van der Waals surface area contributed by atoms with Crippen molar-refractivity contribution in [2.75, 3.05) is 5.73 Å². The van der Waals surface area contributed by atoms with E-state index in [1.807, 2.05) is 5.16 Å². The summed E-state index contributed by atoms with van der Waals surface area (Å²) in [6, 6.07) is 1.97. The first-order valence-electron chi connectivity index (χ1n) is 2.97. The number of thiocarbonyl (C=S) groups is 1. The van der Waals surface area contributed by atoms with Crippen LogP contribution in [0.15, 0.2) is 17.1 Å². The molecular formula is C7H4F2N2S. The molecule has 1 rings (SSSR count). The molecule has 0 unspecified atom stereocenters. The Morgan fingerprint density at radius 2 is 1.83 bits per heavy atom. The third-order valence-electron chi connectivity index (χ3n) is 1.24. The minimum atomic E-state index is -0.848. The van der Waals surface area contributed by atoms with Gasteiger partial charge in [0, 0.05) is 12.1 Å². The van der Waals surface area contributed by atoms with E-state index in [9.17, 15) is 8.78 Å². The zero-order chi connectivity index (χ0) is 9.14. The third kappa shape index (κ3) is 1.64. The van der Waals surface area contributed by atoms with E-state index in [0.717, 1.165) is 12.1 Å². The number of halogens is 2. The average Bonchev–Trinajstić information content (AvgIpc) is 2.01. The summed E-state index contributed by atoms with van der Waals surface area (Å²) in [5, 5.41) is 1.99. The highest BCUT2D eigenvalue weighted by Gasteiger charge is 2.06. The minimum absolute atomic E-state index is 0.0641. The van der Waals surface area contributed by atoms with Crippen LogP contribution in [0.2, 0.25) is 0 Å². The smallest absolute Gasteiger partial charge is 0.151 e. The Kier molecular flexibility index (Phi) is 2.47. The molecule has 5 heteroatoms. The lowest BCUT2D eigenvalue weighted by Crippen LogP contribution is -1.94. The molecule has 0 aliphatic heterocycles. The standard InChI is InChI=1S/C7H4F2N2S/c8-5-1-4(11-3-12)2-6(9)7(5)10/h1-2H,10H2. The van der Waals surface area contributed by atoms with E-state index in [2.05, 4.69) is 17.2 Å². The van der Waals surface area contributed by atoms with E-state index >= 15 is 0 Å². The Hall–Kier alpha value is -1.32. The summed E-state index contributed by atoms with van der Waals surface area (Å²) < 4.78 is 25.4. The van der Waals surface area contributed by atoms with Gasteiger partial charge in [-0.05, 0) is 12.2 Å². The molecule has 0 radical (unpaired) electrons. The third-order valence-corrected chi connectivity index (χ3v) is 1.33. The Bertz CT molecular complexity index is 335. The van der Waals surface area contributed by atoms with Crippen LogP contribution in [0.25, 0.3) is 0 Å². The first-order valence-corrected chi connectivity index (χ1v) is 3.38. The summed E-state index contributed by atoms with van der Waals surface area (Å²) in [5.74, 6) is -1.70. The highest BCUT2D eigenvalue weighted by Crippen LogP contribution is 2.21. The fraction of sp³-hybridized carbons (Fsp3) is 0. The number of nitrogen functional groups attached to an aromatic ring is 1. The van der Waals surface area contributed by atoms with Crippen LogP contribution in [-0.4, -0.2) is 5.16 Å². The molecule has 0 saturated carbocycles. The first-order chi connectivity index (χ1) is 5.65. The molecule has 1 aromatic rings. The van der Waals surface area contributed by atoms with Crippen LogP contribution in [0, 0.1) is 11.6 Å². The summed E-state index contributed by atoms with van der Waals surface area (Å²) in [6.45, 7) is 0. The molecule has 0 aliphatic carbocycles. The largest absolute Gasteiger partial charge is 0.394 e. The van der Waals surface area contributed by atoms with Crippen molar-refractivity contribution in [3.63, 3.8) is 0 Å². The zero-order valence-electron chi connectivity index (χ0n) is 5.84. The SMILES string of the molecule is Nc1c(F)cc(N=C=S)cc1F. The molecule has 62 valence electrons. The first kappa shape index (κ1) is 8.77. The summed E-state index contributed by atoms with van der Waals surface area (Å²) in [7, 11) is 0. The lowest BCUT2D eigenvalue weighted by atomic mass is 10.2.